The zero-order valence-electron chi connectivity index (χ0n) is 12.0. The van der Waals surface area contributed by atoms with E-state index in [9.17, 15) is 4.39 Å². The van der Waals surface area contributed by atoms with E-state index >= 15 is 0 Å². The molecule has 0 heterocycles. The van der Waals surface area contributed by atoms with Crippen molar-refractivity contribution in [1.82, 2.24) is 0 Å². The minimum Gasteiger partial charge on any atom is -0.489 e. The fraction of sp³-hybridized carbons (Fsp3) is 0.357. The van der Waals surface area contributed by atoms with Gasteiger partial charge in [-0.3, -0.25) is 0 Å². The van der Waals surface area contributed by atoms with E-state index in [1.807, 2.05) is 13.8 Å². The van der Waals surface area contributed by atoms with Crippen LogP contribution in [0.3, 0.4) is 0 Å². The molecule has 0 saturated carbocycles. The van der Waals surface area contributed by atoms with Gasteiger partial charge in [-0.2, -0.15) is 4.39 Å². The van der Waals surface area contributed by atoms with Gasteiger partial charge in [0, 0.05) is 18.2 Å². The van der Waals surface area contributed by atoms with E-state index in [-0.39, 0.29) is 29.9 Å². The maximum Gasteiger partial charge on any atom is 0.188 e. The molecule has 0 bridgehead atoms. The molecule has 0 N–H and O–H groups in total. The Balaban J connectivity index is 2.58. The lowest BCUT2D eigenvalue weighted by atomic mass is 10.3. The molecule has 0 aliphatic carbocycles. The van der Waals surface area contributed by atoms with Crippen LogP contribution in [0.1, 0.15) is 13.8 Å². The number of nitrogens with zero attached hydrogens (tertiary/aromatic N) is 1. The van der Waals surface area contributed by atoms with Crippen molar-refractivity contribution in [2.24, 2.45) is 5.16 Å². The Morgan fingerprint density at radius 2 is 1.82 bits per heavy atom. The van der Waals surface area contributed by atoms with Crippen molar-refractivity contribution >= 4 is 40.5 Å². The minimum atomic E-state index is -0.845. The number of oxime groups is 1. The van der Waals surface area contributed by atoms with Gasteiger partial charge >= 0.3 is 0 Å². The molecule has 0 aliphatic rings. The predicted octanol–water partition coefficient (Wildman–Crippen LogP) is 5.21. The topological polar surface area (TPSA) is 40.0 Å². The van der Waals surface area contributed by atoms with Gasteiger partial charge in [-0.15, -0.1) is 0 Å². The molecule has 1 rings (SSSR count). The van der Waals surface area contributed by atoms with Crippen molar-refractivity contribution < 1.29 is 18.7 Å². The van der Waals surface area contributed by atoms with Crippen LogP contribution in [0.25, 0.3) is 0 Å². The van der Waals surface area contributed by atoms with E-state index in [1.165, 1.54) is 12.1 Å². The summed E-state index contributed by atoms with van der Waals surface area (Å²) in [5.74, 6) is 0.689. The van der Waals surface area contributed by atoms with Crippen molar-refractivity contribution in [3.8, 4) is 11.5 Å². The van der Waals surface area contributed by atoms with Crippen LogP contribution in [0.4, 0.5) is 4.39 Å². The summed E-state index contributed by atoms with van der Waals surface area (Å²) in [5.41, 5.74) is 0.806. The van der Waals surface area contributed by atoms with Gasteiger partial charge in [-0.1, -0.05) is 40.0 Å². The summed E-state index contributed by atoms with van der Waals surface area (Å²) < 4.78 is 23.0. The molecule has 0 spiro atoms. The zero-order valence-corrected chi connectivity index (χ0v) is 14.3. The van der Waals surface area contributed by atoms with E-state index < -0.39 is 5.29 Å². The fourth-order valence-electron chi connectivity index (χ4n) is 1.31. The maximum absolute atomic E-state index is 12.3. The average Bonchev–Trinajstić information content (AvgIpc) is 2.40. The third-order valence-corrected chi connectivity index (χ3v) is 2.84. The first-order chi connectivity index (χ1) is 10.4. The van der Waals surface area contributed by atoms with Gasteiger partial charge in [0.1, 0.15) is 19.0 Å². The second-order valence-electron chi connectivity index (χ2n) is 4.24. The largest absolute Gasteiger partial charge is 0.489 e. The summed E-state index contributed by atoms with van der Waals surface area (Å²) in [4.78, 5) is 4.99. The van der Waals surface area contributed by atoms with Crippen molar-refractivity contribution in [2.45, 2.75) is 13.8 Å². The highest BCUT2D eigenvalue weighted by atomic mass is 35.5. The van der Waals surface area contributed by atoms with Crippen LogP contribution >= 0.6 is 34.8 Å². The Morgan fingerprint density at radius 1 is 1.18 bits per heavy atom. The van der Waals surface area contributed by atoms with Crippen molar-refractivity contribution in [3.63, 3.8) is 0 Å². The van der Waals surface area contributed by atoms with Gasteiger partial charge < -0.3 is 14.3 Å². The van der Waals surface area contributed by atoms with Crippen LogP contribution < -0.4 is 9.47 Å². The Labute approximate surface area is 143 Å². The number of halogens is 4. The third-order valence-electron chi connectivity index (χ3n) is 2.13. The highest BCUT2D eigenvalue weighted by molar-refractivity contribution is 6.37. The maximum atomic E-state index is 12.3. The molecule has 1 aromatic rings. The van der Waals surface area contributed by atoms with E-state index in [0.29, 0.717) is 11.5 Å². The van der Waals surface area contributed by atoms with Crippen LogP contribution in [-0.2, 0) is 4.84 Å². The van der Waals surface area contributed by atoms with Crippen LogP contribution in [0, 0.1) is 0 Å². The Hall–Kier alpha value is -1.17. The van der Waals surface area contributed by atoms with Gasteiger partial charge in [-0.25, -0.2) is 0 Å². The molecule has 1 aromatic carbocycles. The molecule has 122 valence electrons. The standard InChI is InChI=1S/C14H15Cl3FNO3/c1-9(2)19-22-6-5-21-14-11(15)7-10(8-12(14)16)20-4-3-13(17)18/h3,7-8H,4-6H2,1-2H3/b13-3-. The monoisotopic (exact) mass is 369 g/mol. The molecule has 22 heavy (non-hydrogen) atoms. The smallest absolute Gasteiger partial charge is 0.188 e. The molecule has 8 heteroatoms. The molecule has 0 radical (unpaired) electrons. The Bertz CT molecular complexity index is 533. The number of ether oxygens (including phenoxy) is 2. The van der Waals surface area contributed by atoms with E-state index in [4.69, 9.17) is 49.1 Å². The van der Waals surface area contributed by atoms with Gasteiger partial charge in [0.25, 0.3) is 0 Å². The molecule has 0 fully saturated rings. The van der Waals surface area contributed by atoms with Gasteiger partial charge in [0.15, 0.2) is 17.6 Å². The van der Waals surface area contributed by atoms with Crippen LogP contribution in [-0.4, -0.2) is 25.5 Å². The van der Waals surface area contributed by atoms with Gasteiger partial charge in [0.2, 0.25) is 0 Å². The third kappa shape index (κ3) is 7.20. The molecule has 0 atom stereocenters. The molecule has 0 aliphatic heterocycles. The Kier molecular flexibility index (Phi) is 8.38. The van der Waals surface area contributed by atoms with Gasteiger partial charge in [-0.05, 0) is 13.8 Å². The lowest BCUT2D eigenvalue weighted by Crippen LogP contribution is -2.05. The van der Waals surface area contributed by atoms with E-state index in [1.54, 1.807) is 0 Å². The number of benzene rings is 1. The lowest BCUT2D eigenvalue weighted by Gasteiger charge is -2.11. The van der Waals surface area contributed by atoms with Crippen LogP contribution in [0.15, 0.2) is 28.7 Å². The summed E-state index contributed by atoms with van der Waals surface area (Å²) >= 11 is 17.2. The van der Waals surface area contributed by atoms with Crippen LogP contribution in [0.5, 0.6) is 11.5 Å². The summed E-state index contributed by atoms with van der Waals surface area (Å²) in [6, 6.07) is 3.02. The summed E-state index contributed by atoms with van der Waals surface area (Å²) in [7, 11) is 0. The van der Waals surface area contributed by atoms with E-state index in [0.717, 1.165) is 11.8 Å². The summed E-state index contributed by atoms with van der Waals surface area (Å²) in [6.45, 7) is 4.09. The molecule has 4 nitrogen and oxygen atoms in total. The molecule has 0 saturated heterocycles. The van der Waals surface area contributed by atoms with Crippen molar-refractivity contribution in [3.05, 3.63) is 33.5 Å². The second-order valence-corrected chi connectivity index (χ2v) is 5.42. The average molecular weight is 371 g/mol. The second kappa shape index (κ2) is 9.77. The zero-order chi connectivity index (χ0) is 16.5. The highest BCUT2D eigenvalue weighted by Gasteiger charge is 2.10. The normalized spacial score (nSPS) is 11.1. The molecular weight excluding hydrogens is 356 g/mol. The quantitative estimate of drug-likeness (QED) is 0.358. The van der Waals surface area contributed by atoms with Crippen molar-refractivity contribution in [2.75, 3.05) is 19.8 Å². The first-order valence-corrected chi connectivity index (χ1v) is 7.42. The van der Waals surface area contributed by atoms with Gasteiger partial charge in [0.05, 0.1) is 15.8 Å². The predicted molar refractivity (Wildman–Crippen MR) is 87.2 cm³/mol. The number of rotatable bonds is 8. The number of hydrogen-bond acceptors (Lipinski definition) is 4. The summed E-state index contributed by atoms with van der Waals surface area (Å²) in [6.07, 6.45) is 1.07. The molecule has 0 amide bonds. The molecular formula is C14H15Cl3FNO3. The molecule has 0 unspecified atom stereocenters. The molecule has 0 aromatic heterocycles. The first-order valence-electron chi connectivity index (χ1n) is 6.29. The summed E-state index contributed by atoms with van der Waals surface area (Å²) in [5, 5.41) is 3.46. The van der Waals surface area contributed by atoms with Crippen LogP contribution in [0.2, 0.25) is 10.0 Å². The van der Waals surface area contributed by atoms with E-state index in [2.05, 4.69) is 5.16 Å². The Morgan fingerprint density at radius 3 is 2.36 bits per heavy atom. The number of hydrogen-bond donors (Lipinski definition) is 0. The SMILES string of the molecule is CC(C)=NOCCOc1c(Cl)cc(OC/C=C(\F)Cl)cc1Cl. The highest BCUT2D eigenvalue weighted by Crippen LogP contribution is 2.36. The minimum absolute atomic E-state index is 0.0373. The fourth-order valence-corrected chi connectivity index (χ4v) is 1.95. The first kappa shape index (κ1) is 18.9. The van der Waals surface area contributed by atoms with Crippen molar-refractivity contribution in [1.29, 1.82) is 0 Å². The lowest BCUT2D eigenvalue weighted by molar-refractivity contribution is 0.107.